The molecule has 1 N–H and O–H groups in total. The number of aryl methyl sites for hydroxylation is 1. The molecule has 1 aromatic rings. The zero-order valence-electron chi connectivity index (χ0n) is 12.2. The number of fused-ring (bicyclic) bond motifs is 2. The van der Waals surface area contributed by atoms with Gasteiger partial charge in [-0.1, -0.05) is 0 Å². The van der Waals surface area contributed by atoms with Crippen molar-refractivity contribution in [2.24, 2.45) is 0 Å². The summed E-state index contributed by atoms with van der Waals surface area (Å²) in [4.78, 5) is 23.0. The monoisotopic (exact) mass is 274 g/mol. The standard InChI is InChI=1S/C15H22N4O/c1-3-19(13-6-11-4-5-12(7-13)18-11)15(20)14-9-16-10(2)8-17-14/h8-9,11-13,18H,3-7H2,1-2H3. The van der Waals surface area contributed by atoms with Crippen molar-refractivity contribution in [3.8, 4) is 0 Å². The number of nitrogens with one attached hydrogen (secondary N) is 1. The van der Waals surface area contributed by atoms with Gasteiger partial charge in [-0.15, -0.1) is 0 Å². The number of hydrogen-bond donors (Lipinski definition) is 1. The van der Waals surface area contributed by atoms with Gasteiger partial charge in [-0.25, -0.2) is 4.98 Å². The molecular formula is C15H22N4O. The first-order chi connectivity index (χ1) is 9.67. The van der Waals surface area contributed by atoms with Gasteiger partial charge in [0, 0.05) is 30.9 Å². The summed E-state index contributed by atoms with van der Waals surface area (Å²) < 4.78 is 0. The molecule has 2 saturated heterocycles. The molecule has 5 nitrogen and oxygen atoms in total. The first-order valence-electron chi connectivity index (χ1n) is 7.53. The average Bonchev–Trinajstić information content (AvgIpc) is 2.79. The molecule has 0 aromatic carbocycles. The molecule has 20 heavy (non-hydrogen) atoms. The normalized spacial score (nSPS) is 28.4. The van der Waals surface area contributed by atoms with Crippen LogP contribution in [0.15, 0.2) is 12.4 Å². The Bertz CT molecular complexity index is 475. The van der Waals surface area contributed by atoms with Gasteiger partial charge in [0.1, 0.15) is 5.69 Å². The highest BCUT2D eigenvalue weighted by atomic mass is 16.2. The van der Waals surface area contributed by atoms with Gasteiger partial charge in [0.05, 0.1) is 11.9 Å². The first kappa shape index (κ1) is 13.5. The molecule has 0 radical (unpaired) electrons. The number of nitrogens with zero attached hydrogens (tertiary/aromatic N) is 3. The molecular weight excluding hydrogens is 252 g/mol. The minimum absolute atomic E-state index is 0.0197. The fraction of sp³-hybridized carbons (Fsp3) is 0.667. The van der Waals surface area contributed by atoms with Crippen molar-refractivity contribution in [3.63, 3.8) is 0 Å². The van der Waals surface area contributed by atoms with Crippen molar-refractivity contribution in [3.05, 3.63) is 23.8 Å². The number of rotatable bonds is 3. The van der Waals surface area contributed by atoms with Crippen molar-refractivity contribution in [2.75, 3.05) is 6.54 Å². The Morgan fingerprint density at radius 1 is 1.30 bits per heavy atom. The van der Waals surface area contributed by atoms with E-state index in [9.17, 15) is 4.79 Å². The third-order valence-corrected chi connectivity index (χ3v) is 4.49. The number of carbonyl (C=O) groups excluding carboxylic acids is 1. The summed E-state index contributed by atoms with van der Waals surface area (Å²) in [5.74, 6) is 0.0197. The van der Waals surface area contributed by atoms with Gasteiger partial charge in [0.25, 0.3) is 5.91 Å². The van der Waals surface area contributed by atoms with Gasteiger partial charge in [-0.2, -0.15) is 0 Å². The van der Waals surface area contributed by atoms with Crippen LogP contribution in [0.2, 0.25) is 0 Å². The number of piperidine rings is 1. The number of carbonyl (C=O) groups is 1. The van der Waals surface area contributed by atoms with E-state index < -0.39 is 0 Å². The Labute approximate surface area is 119 Å². The molecule has 2 fully saturated rings. The fourth-order valence-corrected chi connectivity index (χ4v) is 3.50. The second kappa shape index (κ2) is 5.48. The van der Waals surface area contributed by atoms with Crippen LogP contribution in [-0.4, -0.2) is 45.4 Å². The van der Waals surface area contributed by atoms with E-state index in [1.807, 2.05) is 18.7 Å². The number of aromatic nitrogens is 2. The third-order valence-electron chi connectivity index (χ3n) is 4.49. The average molecular weight is 274 g/mol. The number of hydrogen-bond acceptors (Lipinski definition) is 4. The highest BCUT2D eigenvalue weighted by Gasteiger charge is 2.37. The molecule has 0 spiro atoms. The molecule has 2 bridgehead atoms. The highest BCUT2D eigenvalue weighted by molar-refractivity contribution is 5.92. The lowest BCUT2D eigenvalue weighted by molar-refractivity contribution is 0.0624. The lowest BCUT2D eigenvalue weighted by Crippen LogP contribution is -2.50. The second-order valence-corrected chi connectivity index (χ2v) is 5.90. The summed E-state index contributed by atoms with van der Waals surface area (Å²) in [6, 6.07) is 1.52. The molecule has 5 heteroatoms. The van der Waals surface area contributed by atoms with Crippen LogP contribution < -0.4 is 5.32 Å². The van der Waals surface area contributed by atoms with E-state index in [0.29, 0.717) is 23.8 Å². The van der Waals surface area contributed by atoms with Crippen LogP contribution in [0.4, 0.5) is 0 Å². The Balaban J connectivity index is 1.75. The molecule has 3 heterocycles. The van der Waals surface area contributed by atoms with Gasteiger partial charge in [-0.05, 0) is 39.5 Å². The second-order valence-electron chi connectivity index (χ2n) is 5.90. The molecule has 1 aromatic heterocycles. The maximum absolute atomic E-state index is 12.6. The predicted octanol–water partition coefficient (Wildman–Crippen LogP) is 1.53. The summed E-state index contributed by atoms with van der Waals surface area (Å²) in [5, 5.41) is 3.62. The van der Waals surface area contributed by atoms with Crippen LogP contribution >= 0.6 is 0 Å². The number of amides is 1. The summed E-state index contributed by atoms with van der Waals surface area (Å²) in [5.41, 5.74) is 1.30. The Morgan fingerprint density at radius 3 is 2.55 bits per heavy atom. The van der Waals surface area contributed by atoms with E-state index in [2.05, 4.69) is 15.3 Å². The largest absolute Gasteiger partial charge is 0.334 e. The van der Waals surface area contributed by atoms with Crippen LogP contribution in [0.25, 0.3) is 0 Å². The predicted molar refractivity (Wildman–Crippen MR) is 76.4 cm³/mol. The van der Waals surface area contributed by atoms with Crippen LogP contribution in [-0.2, 0) is 0 Å². The third kappa shape index (κ3) is 2.54. The lowest BCUT2D eigenvalue weighted by Gasteiger charge is -2.37. The van der Waals surface area contributed by atoms with E-state index in [1.165, 1.54) is 12.8 Å². The molecule has 2 atom stereocenters. The Hall–Kier alpha value is -1.49. The smallest absolute Gasteiger partial charge is 0.274 e. The SMILES string of the molecule is CCN(C(=O)c1cnc(C)cn1)C1CC2CCC(C1)N2. The van der Waals surface area contributed by atoms with Crippen molar-refractivity contribution in [1.82, 2.24) is 20.2 Å². The summed E-state index contributed by atoms with van der Waals surface area (Å²) in [6.45, 7) is 4.66. The minimum atomic E-state index is 0.0197. The molecule has 2 aliphatic heterocycles. The molecule has 2 aliphatic rings. The topological polar surface area (TPSA) is 58.1 Å². The first-order valence-corrected chi connectivity index (χ1v) is 7.53. The maximum Gasteiger partial charge on any atom is 0.274 e. The lowest BCUT2D eigenvalue weighted by atomic mass is 9.98. The van der Waals surface area contributed by atoms with Gasteiger partial charge in [0.2, 0.25) is 0 Å². The van der Waals surface area contributed by atoms with Crippen LogP contribution in [0.3, 0.4) is 0 Å². The quantitative estimate of drug-likeness (QED) is 0.908. The molecule has 1 amide bonds. The van der Waals surface area contributed by atoms with Crippen LogP contribution in [0, 0.1) is 6.92 Å². The van der Waals surface area contributed by atoms with Crippen molar-refractivity contribution in [1.29, 1.82) is 0 Å². The zero-order valence-corrected chi connectivity index (χ0v) is 12.2. The highest BCUT2D eigenvalue weighted by Crippen LogP contribution is 2.30. The van der Waals surface area contributed by atoms with Crippen LogP contribution in [0.1, 0.15) is 48.8 Å². The van der Waals surface area contributed by atoms with E-state index in [0.717, 1.165) is 25.1 Å². The Kier molecular flexibility index (Phi) is 3.70. The summed E-state index contributed by atoms with van der Waals surface area (Å²) >= 11 is 0. The van der Waals surface area contributed by atoms with E-state index in [4.69, 9.17) is 0 Å². The van der Waals surface area contributed by atoms with Crippen molar-refractivity contribution < 1.29 is 4.79 Å². The van der Waals surface area contributed by atoms with Gasteiger partial charge < -0.3 is 10.2 Å². The van der Waals surface area contributed by atoms with Crippen LogP contribution in [0.5, 0.6) is 0 Å². The maximum atomic E-state index is 12.6. The van der Waals surface area contributed by atoms with E-state index >= 15 is 0 Å². The van der Waals surface area contributed by atoms with E-state index in [-0.39, 0.29) is 5.91 Å². The minimum Gasteiger partial charge on any atom is -0.334 e. The fourth-order valence-electron chi connectivity index (χ4n) is 3.50. The van der Waals surface area contributed by atoms with Gasteiger partial charge >= 0.3 is 0 Å². The van der Waals surface area contributed by atoms with Gasteiger partial charge in [-0.3, -0.25) is 9.78 Å². The van der Waals surface area contributed by atoms with Gasteiger partial charge in [0.15, 0.2) is 0 Å². The molecule has 108 valence electrons. The van der Waals surface area contributed by atoms with Crippen molar-refractivity contribution >= 4 is 5.91 Å². The molecule has 0 saturated carbocycles. The van der Waals surface area contributed by atoms with E-state index in [1.54, 1.807) is 12.4 Å². The zero-order chi connectivity index (χ0) is 14.1. The summed E-state index contributed by atoms with van der Waals surface area (Å²) in [6.07, 6.45) is 7.88. The Morgan fingerprint density at radius 2 is 2.00 bits per heavy atom. The molecule has 2 unspecified atom stereocenters. The van der Waals surface area contributed by atoms with Crippen molar-refractivity contribution in [2.45, 2.75) is 57.7 Å². The molecule has 0 aliphatic carbocycles. The summed E-state index contributed by atoms with van der Waals surface area (Å²) in [7, 11) is 0. The molecule has 3 rings (SSSR count).